The molecule has 0 unspecified atom stereocenters. The van der Waals surface area contributed by atoms with E-state index in [9.17, 15) is 4.79 Å². The first-order valence-corrected chi connectivity index (χ1v) is 10.1. The van der Waals surface area contributed by atoms with E-state index in [0.717, 1.165) is 48.3 Å². The highest BCUT2D eigenvalue weighted by Gasteiger charge is 2.26. The molecule has 1 saturated heterocycles. The monoisotopic (exact) mass is 390 g/mol. The smallest absolute Gasteiger partial charge is 0.241 e. The molecule has 1 aliphatic heterocycles. The molecular formula is C23H26N4O2. The second-order valence-corrected chi connectivity index (χ2v) is 7.74. The van der Waals surface area contributed by atoms with Crippen LogP contribution < -0.4 is 5.32 Å². The number of likely N-dealkylation sites (tertiary alicyclic amines) is 1. The molecule has 0 bridgehead atoms. The van der Waals surface area contributed by atoms with Crippen LogP contribution in [0.4, 0.5) is 5.69 Å². The summed E-state index contributed by atoms with van der Waals surface area (Å²) >= 11 is 0. The molecule has 1 aromatic heterocycles. The summed E-state index contributed by atoms with van der Waals surface area (Å²) in [6.45, 7) is 6.36. The van der Waals surface area contributed by atoms with E-state index in [1.165, 1.54) is 0 Å². The molecule has 1 amide bonds. The van der Waals surface area contributed by atoms with Gasteiger partial charge in [0, 0.05) is 17.2 Å². The van der Waals surface area contributed by atoms with Crippen LogP contribution in [0.2, 0.25) is 0 Å². The predicted molar refractivity (Wildman–Crippen MR) is 112 cm³/mol. The van der Waals surface area contributed by atoms with E-state index in [2.05, 4.69) is 20.4 Å². The van der Waals surface area contributed by atoms with Crippen molar-refractivity contribution in [2.75, 3.05) is 18.4 Å². The van der Waals surface area contributed by atoms with Crippen LogP contribution in [-0.2, 0) is 11.3 Å². The Bertz CT molecular complexity index is 990. The molecule has 1 aliphatic rings. The Kier molecular flexibility index (Phi) is 5.71. The number of amides is 1. The first-order chi connectivity index (χ1) is 14.1. The van der Waals surface area contributed by atoms with E-state index < -0.39 is 0 Å². The van der Waals surface area contributed by atoms with Gasteiger partial charge in [0.1, 0.15) is 0 Å². The molecule has 3 aromatic rings. The standard InChI is InChI=1S/C23H26N4O2/c1-16-6-5-8-19(14-16)24-23(28)18-10-12-27(13-11-18)15-21-25-22(26-29-21)20-9-4-3-7-17(20)2/h3-9,14,18H,10-13,15H2,1-2H3,(H,24,28). The van der Waals surface area contributed by atoms with Crippen LogP contribution in [0.3, 0.4) is 0 Å². The Morgan fingerprint density at radius 2 is 1.93 bits per heavy atom. The Morgan fingerprint density at radius 3 is 2.69 bits per heavy atom. The summed E-state index contributed by atoms with van der Waals surface area (Å²) in [6.07, 6.45) is 1.66. The molecule has 0 saturated carbocycles. The minimum Gasteiger partial charge on any atom is -0.338 e. The molecule has 1 N–H and O–H groups in total. The van der Waals surface area contributed by atoms with E-state index in [-0.39, 0.29) is 11.8 Å². The lowest BCUT2D eigenvalue weighted by atomic mass is 9.96. The van der Waals surface area contributed by atoms with E-state index in [1.54, 1.807) is 0 Å². The number of carbonyl (C=O) groups excluding carboxylic acids is 1. The van der Waals surface area contributed by atoms with Crippen LogP contribution in [0.15, 0.2) is 53.1 Å². The first-order valence-electron chi connectivity index (χ1n) is 10.1. The van der Waals surface area contributed by atoms with Gasteiger partial charge < -0.3 is 9.84 Å². The maximum atomic E-state index is 12.6. The van der Waals surface area contributed by atoms with Crippen molar-refractivity contribution in [2.45, 2.75) is 33.2 Å². The molecule has 4 rings (SSSR count). The van der Waals surface area contributed by atoms with Crippen LogP contribution in [0.1, 0.15) is 29.9 Å². The van der Waals surface area contributed by atoms with Crippen molar-refractivity contribution in [1.29, 1.82) is 0 Å². The Balaban J connectivity index is 1.30. The summed E-state index contributed by atoms with van der Waals surface area (Å²) < 4.78 is 5.46. The number of rotatable bonds is 5. The minimum atomic E-state index is 0.0389. The molecule has 150 valence electrons. The lowest BCUT2D eigenvalue weighted by Crippen LogP contribution is -2.37. The molecule has 1 fully saturated rings. The van der Waals surface area contributed by atoms with Crippen LogP contribution in [-0.4, -0.2) is 34.0 Å². The number of nitrogens with zero attached hydrogens (tertiary/aromatic N) is 3. The number of benzene rings is 2. The molecule has 0 aliphatic carbocycles. The second-order valence-electron chi connectivity index (χ2n) is 7.74. The maximum absolute atomic E-state index is 12.6. The van der Waals surface area contributed by atoms with Gasteiger partial charge in [0.15, 0.2) is 0 Å². The number of anilines is 1. The van der Waals surface area contributed by atoms with E-state index >= 15 is 0 Å². The van der Waals surface area contributed by atoms with Crippen molar-refractivity contribution in [3.05, 3.63) is 65.5 Å². The molecular weight excluding hydrogens is 364 g/mol. The van der Waals surface area contributed by atoms with Crippen molar-refractivity contribution in [2.24, 2.45) is 5.92 Å². The van der Waals surface area contributed by atoms with Crippen LogP contribution in [0.25, 0.3) is 11.4 Å². The third-order valence-electron chi connectivity index (χ3n) is 5.46. The Morgan fingerprint density at radius 1 is 1.14 bits per heavy atom. The van der Waals surface area contributed by atoms with Crippen LogP contribution in [0, 0.1) is 19.8 Å². The normalized spacial score (nSPS) is 15.4. The Labute approximate surface area is 170 Å². The summed E-state index contributed by atoms with van der Waals surface area (Å²) in [5, 5.41) is 7.18. The highest BCUT2D eigenvalue weighted by molar-refractivity contribution is 5.92. The third kappa shape index (κ3) is 4.71. The van der Waals surface area contributed by atoms with E-state index in [0.29, 0.717) is 18.3 Å². The quantitative estimate of drug-likeness (QED) is 0.707. The van der Waals surface area contributed by atoms with Crippen molar-refractivity contribution >= 4 is 11.6 Å². The highest BCUT2D eigenvalue weighted by Crippen LogP contribution is 2.23. The lowest BCUT2D eigenvalue weighted by molar-refractivity contribution is -0.121. The number of aromatic nitrogens is 2. The van der Waals surface area contributed by atoms with Crippen molar-refractivity contribution < 1.29 is 9.32 Å². The molecule has 6 heteroatoms. The number of hydrogen-bond donors (Lipinski definition) is 1. The minimum absolute atomic E-state index is 0.0389. The number of carbonyl (C=O) groups is 1. The fourth-order valence-electron chi connectivity index (χ4n) is 3.76. The molecule has 0 radical (unpaired) electrons. The van der Waals surface area contributed by atoms with Crippen LogP contribution >= 0.6 is 0 Å². The van der Waals surface area contributed by atoms with Gasteiger partial charge >= 0.3 is 0 Å². The summed E-state index contributed by atoms with van der Waals surface area (Å²) in [7, 11) is 0. The van der Waals surface area contributed by atoms with Crippen molar-refractivity contribution in [1.82, 2.24) is 15.0 Å². The van der Waals surface area contributed by atoms with Gasteiger partial charge in [-0.2, -0.15) is 4.98 Å². The summed E-state index contributed by atoms with van der Waals surface area (Å²) in [5.41, 5.74) is 4.13. The second kappa shape index (κ2) is 8.57. The summed E-state index contributed by atoms with van der Waals surface area (Å²) in [5.74, 6) is 1.39. The molecule has 2 heterocycles. The zero-order valence-corrected chi connectivity index (χ0v) is 16.9. The number of hydrogen-bond acceptors (Lipinski definition) is 5. The number of nitrogens with one attached hydrogen (secondary N) is 1. The van der Waals surface area contributed by atoms with Crippen molar-refractivity contribution in [3.8, 4) is 11.4 Å². The highest BCUT2D eigenvalue weighted by atomic mass is 16.5. The van der Waals surface area contributed by atoms with Gasteiger partial charge in [0.25, 0.3) is 0 Å². The van der Waals surface area contributed by atoms with Gasteiger partial charge in [-0.1, -0.05) is 41.6 Å². The zero-order valence-electron chi connectivity index (χ0n) is 16.9. The van der Waals surface area contributed by atoms with Gasteiger partial charge in [-0.15, -0.1) is 0 Å². The zero-order chi connectivity index (χ0) is 20.2. The fourth-order valence-corrected chi connectivity index (χ4v) is 3.76. The average molecular weight is 390 g/mol. The average Bonchev–Trinajstić information content (AvgIpc) is 3.17. The molecule has 2 aromatic carbocycles. The van der Waals surface area contributed by atoms with Crippen LogP contribution in [0.5, 0.6) is 0 Å². The molecule has 0 atom stereocenters. The van der Waals surface area contributed by atoms with Crippen molar-refractivity contribution in [3.63, 3.8) is 0 Å². The SMILES string of the molecule is Cc1cccc(NC(=O)C2CCN(Cc3nc(-c4ccccc4C)no3)CC2)c1. The Hall–Kier alpha value is -2.99. The van der Waals surface area contributed by atoms with E-state index in [1.807, 2.05) is 62.4 Å². The summed E-state index contributed by atoms with van der Waals surface area (Å²) in [6, 6.07) is 15.9. The van der Waals surface area contributed by atoms with Gasteiger partial charge in [0.05, 0.1) is 6.54 Å². The number of piperidine rings is 1. The topological polar surface area (TPSA) is 71.3 Å². The maximum Gasteiger partial charge on any atom is 0.241 e. The summed E-state index contributed by atoms with van der Waals surface area (Å²) in [4.78, 5) is 19.4. The number of aryl methyl sites for hydroxylation is 2. The third-order valence-corrected chi connectivity index (χ3v) is 5.46. The lowest BCUT2D eigenvalue weighted by Gasteiger charge is -2.30. The first kappa shape index (κ1) is 19.3. The predicted octanol–water partition coefficient (Wildman–Crippen LogP) is 4.20. The molecule has 6 nitrogen and oxygen atoms in total. The molecule has 29 heavy (non-hydrogen) atoms. The fraction of sp³-hybridized carbons (Fsp3) is 0.348. The molecule has 0 spiro atoms. The van der Waals surface area contributed by atoms with Gasteiger partial charge in [-0.3, -0.25) is 9.69 Å². The van der Waals surface area contributed by atoms with E-state index in [4.69, 9.17) is 4.52 Å². The largest absolute Gasteiger partial charge is 0.338 e. The van der Waals surface area contributed by atoms with Gasteiger partial charge in [-0.05, 0) is 63.0 Å². The van der Waals surface area contributed by atoms with Gasteiger partial charge in [-0.25, -0.2) is 0 Å². The van der Waals surface area contributed by atoms with Gasteiger partial charge in [0.2, 0.25) is 17.6 Å².